The van der Waals surface area contributed by atoms with Gasteiger partial charge in [0.05, 0.1) is 22.7 Å². The number of benzene rings is 1. The minimum absolute atomic E-state index is 0.0137. The molecule has 3 aromatic rings. The second-order valence-corrected chi connectivity index (χ2v) is 8.45. The molecule has 7 heteroatoms. The predicted molar refractivity (Wildman–Crippen MR) is 103 cm³/mol. The normalized spacial score (nSPS) is 12.7. The fraction of sp³-hybridized carbons (Fsp3) is 0.263. The van der Waals surface area contributed by atoms with Crippen molar-refractivity contribution in [3.8, 4) is 11.3 Å². The summed E-state index contributed by atoms with van der Waals surface area (Å²) in [5.74, 6) is 0.638. The molecule has 6 nitrogen and oxygen atoms in total. The molecule has 0 fully saturated rings. The quantitative estimate of drug-likeness (QED) is 0.719. The summed E-state index contributed by atoms with van der Waals surface area (Å²) in [6, 6.07) is 11.7. The number of nitrogens with one attached hydrogen (secondary N) is 1. The van der Waals surface area contributed by atoms with Crippen LogP contribution in [0.15, 0.2) is 60.0 Å². The number of pyridine rings is 1. The topological polar surface area (TPSA) is 76.9 Å². The highest BCUT2D eigenvalue weighted by molar-refractivity contribution is 7.91. The Hall–Kier alpha value is -2.67. The van der Waals surface area contributed by atoms with Crippen molar-refractivity contribution in [1.29, 1.82) is 0 Å². The molecule has 2 heterocycles. The molecule has 0 spiro atoms. The molecule has 0 amide bonds. The Morgan fingerprint density at radius 3 is 2.54 bits per heavy atom. The van der Waals surface area contributed by atoms with Crippen LogP contribution in [0, 0.1) is 0 Å². The van der Waals surface area contributed by atoms with Crippen molar-refractivity contribution in [2.24, 2.45) is 7.05 Å². The number of sulfone groups is 1. The Balaban J connectivity index is 2.04. The van der Waals surface area contributed by atoms with Crippen molar-refractivity contribution in [2.45, 2.75) is 24.8 Å². The number of hydrogen-bond donors (Lipinski definition) is 1. The van der Waals surface area contributed by atoms with Gasteiger partial charge in [0, 0.05) is 31.0 Å². The summed E-state index contributed by atoms with van der Waals surface area (Å²) in [5.41, 5.74) is 2.46. The molecule has 1 N–H and O–H groups in total. The van der Waals surface area contributed by atoms with Gasteiger partial charge < -0.3 is 9.88 Å². The Morgan fingerprint density at radius 1 is 1.19 bits per heavy atom. The van der Waals surface area contributed by atoms with Crippen LogP contribution in [-0.2, 0) is 16.9 Å². The molecule has 0 aliphatic rings. The third kappa shape index (κ3) is 3.77. The first kappa shape index (κ1) is 18.1. The SMILES string of the molecule is CCS(=O)(=O)c1cnc(NC(C)c2ccccc2)c(-c2cn(C)cn2)c1. The van der Waals surface area contributed by atoms with E-state index in [1.54, 1.807) is 19.3 Å². The third-order valence-electron chi connectivity index (χ3n) is 4.24. The van der Waals surface area contributed by atoms with Gasteiger partial charge in [0.2, 0.25) is 0 Å². The van der Waals surface area contributed by atoms with E-state index in [4.69, 9.17) is 0 Å². The molecule has 0 saturated heterocycles. The maximum absolute atomic E-state index is 12.3. The number of rotatable bonds is 6. The lowest BCUT2D eigenvalue weighted by Gasteiger charge is -2.17. The number of imidazole rings is 1. The first-order valence-corrected chi connectivity index (χ1v) is 10.1. The van der Waals surface area contributed by atoms with Crippen LogP contribution < -0.4 is 5.32 Å². The molecule has 2 aromatic heterocycles. The number of hydrogen-bond acceptors (Lipinski definition) is 5. The molecule has 136 valence electrons. The van der Waals surface area contributed by atoms with Crippen LogP contribution in [-0.4, -0.2) is 28.7 Å². The summed E-state index contributed by atoms with van der Waals surface area (Å²) in [6.07, 6.45) is 4.93. The smallest absolute Gasteiger partial charge is 0.179 e. The molecular weight excluding hydrogens is 348 g/mol. The highest BCUT2D eigenvalue weighted by Crippen LogP contribution is 2.30. The van der Waals surface area contributed by atoms with Crippen LogP contribution in [0.2, 0.25) is 0 Å². The minimum atomic E-state index is -3.34. The van der Waals surface area contributed by atoms with Crippen molar-refractivity contribution < 1.29 is 8.42 Å². The first-order valence-electron chi connectivity index (χ1n) is 8.43. The van der Waals surface area contributed by atoms with E-state index in [1.165, 1.54) is 6.20 Å². The molecule has 1 atom stereocenters. The van der Waals surface area contributed by atoms with Crippen molar-refractivity contribution in [3.63, 3.8) is 0 Å². The summed E-state index contributed by atoms with van der Waals surface area (Å²) in [5, 5.41) is 3.38. The minimum Gasteiger partial charge on any atom is -0.363 e. The van der Waals surface area contributed by atoms with E-state index in [1.807, 2.05) is 55.1 Å². The average Bonchev–Trinajstić information content (AvgIpc) is 3.08. The summed E-state index contributed by atoms with van der Waals surface area (Å²) in [6.45, 7) is 3.66. The fourth-order valence-electron chi connectivity index (χ4n) is 2.67. The van der Waals surface area contributed by atoms with Crippen molar-refractivity contribution >= 4 is 15.7 Å². The van der Waals surface area contributed by atoms with Gasteiger partial charge >= 0.3 is 0 Å². The fourth-order valence-corrected chi connectivity index (χ4v) is 3.52. The molecule has 0 saturated carbocycles. The molecule has 0 radical (unpaired) electrons. The largest absolute Gasteiger partial charge is 0.363 e. The average molecular weight is 370 g/mol. The second-order valence-electron chi connectivity index (χ2n) is 6.17. The standard InChI is InChI=1S/C19H22N4O2S/c1-4-26(24,25)16-10-17(18-12-23(3)13-21-18)19(20-11-16)22-14(2)15-8-6-5-7-9-15/h5-14H,4H2,1-3H3,(H,20,22). The maximum atomic E-state index is 12.3. The van der Waals surface area contributed by atoms with E-state index in [0.717, 1.165) is 5.56 Å². The van der Waals surface area contributed by atoms with E-state index in [0.29, 0.717) is 17.1 Å². The van der Waals surface area contributed by atoms with Gasteiger partial charge in [-0.2, -0.15) is 0 Å². The van der Waals surface area contributed by atoms with E-state index < -0.39 is 9.84 Å². The van der Waals surface area contributed by atoms with Crippen LogP contribution in [0.1, 0.15) is 25.5 Å². The molecule has 3 rings (SSSR count). The lowest BCUT2D eigenvalue weighted by molar-refractivity contribution is 0.597. The van der Waals surface area contributed by atoms with E-state index >= 15 is 0 Å². The summed E-state index contributed by atoms with van der Waals surface area (Å²) in [4.78, 5) is 8.98. The molecule has 1 unspecified atom stereocenters. The van der Waals surface area contributed by atoms with Gasteiger partial charge in [0.25, 0.3) is 0 Å². The Bertz CT molecular complexity index is 997. The van der Waals surface area contributed by atoms with E-state index in [9.17, 15) is 8.42 Å². The highest BCUT2D eigenvalue weighted by atomic mass is 32.2. The molecule has 0 bridgehead atoms. The lowest BCUT2D eigenvalue weighted by atomic mass is 10.1. The van der Waals surface area contributed by atoms with Gasteiger partial charge in [-0.1, -0.05) is 37.3 Å². The van der Waals surface area contributed by atoms with Gasteiger partial charge in [-0.25, -0.2) is 18.4 Å². The Kier molecular flexibility index (Phi) is 5.08. The maximum Gasteiger partial charge on any atom is 0.179 e. The Morgan fingerprint density at radius 2 is 1.92 bits per heavy atom. The zero-order valence-electron chi connectivity index (χ0n) is 15.0. The van der Waals surface area contributed by atoms with Crippen LogP contribution in [0.25, 0.3) is 11.3 Å². The number of anilines is 1. The summed E-state index contributed by atoms with van der Waals surface area (Å²) in [7, 11) is -1.47. The molecule has 0 aliphatic heterocycles. The Labute approximate surface area is 153 Å². The van der Waals surface area contributed by atoms with Gasteiger partial charge in [-0.3, -0.25) is 0 Å². The van der Waals surface area contributed by atoms with Crippen LogP contribution in [0.4, 0.5) is 5.82 Å². The second kappa shape index (κ2) is 7.29. The molecule has 0 aliphatic carbocycles. The molecule has 1 aromatic carbocycles. The van der Waals surface area contributed by atoms with Crippen LogP contribution >= 0.6 is 0 Å². The lowest BCUT2D eigenvalue weighted by Crippen LogP contribution is -2.11. The van der Waals surface area contributed by atoms with Gasteiger partial charge in [0.1, 0.15) is 5.82 Å². The highest BCUT2D eigenvalue weighted by Gasteiger charge is 2.18. The van der Waals surface area contributed by atoms with Crippen molar-refractivity contribution in [2.75, 3.05) is 11.1 Å². The van der Waals surface area contributed by atoms with E-state index in [2.05, 4.69) is 15.3 Å². The number of aromatic nitrogens is 3. The zero-order chi connectivity index (χ0) is 18.7. The van der Waals surface area contributed by atoms with Crippen molar-refractivity contribution in [3.05, 3.63) is 60.7 Å². The zero-order valence-corrected chi connectivity index (χ0v) is 15.9. The van der Waals surface area contributed by atoms with Gasteiger partial charge in [0.15, 0.2) is 9.84 Å². The third-order valence-corrected chi connectivity index (χ3v) is 5.94. The summed E-state index contributed by atoms with van der Waals surface area (Å²) < 4.78 is 26.3. The predicted octanol–water partition coefficient (Wildman–Crippen LogP) is 3.45. The van der Waals surface area contributed by atoms with Crippen LogP contribution in [0.3, 0.4) is 0 Å². The van der Waals surface area contributed by atoms with Crippen molar-refractivity contribution in [1.82, 2.24) is 14.5 Å². The monoisotopic (exact) mass is 370 g/mol. The summed E-state index contributed by atoms with van der Waals surface area (Å²) >= 11 is 0. The van der Waals surface area contributed by atoms with Gasteiger partial charge in [-0.05, 0) is 18.6 Å². The molecular formula is C19H22N4O2S. The van der Waals surface area contributed by atoms with Gasteiger partial charge in [-0.15, -0.1) is 0 Å². The number of aryl methyl sites for hydroxylation is 1. The molecule has 26 heavy (non-hydrogen) atoms. The number of nitrogens with zero attached hydrogens (tertiary/aromatic N) is 3. The van der Waals surface area contributed by atoms with E-state index in [-0.39, 0.29) is 16.7 Å². The first-order chi connectivity index (χ1) is 12.4. The van der Waals surface area contributed by atoms with Crippen LogP contribution in [0.5, 0.6) is 0 Å².